The van der Waals surface area contributed by atoms with E-state index in [0.717, 1.165) is 42.9 Å². The first-order chi connectivity index (χ1) is 12.8. The summed E-state index contributed by atoms with van der Waals surface area (Å²) in [6.45, 7) is 3.23. The topological polar surface area (TPSA) is 41.2 Å². The van der Waals surface area contributed by atoms with E-state index in [9.17, 15) is 4.39 Å². The van der Waals surface area contributed by atoms with E-state index in [4.69, 9.17) is 4.74 Å². The van der Waals surface area contributed by atoms with Crippen molar-refractivity contribution in [3.63, 3.8) is 0 Å². The Kier molecular flexibility index (Phi) is 5.09. The summed E-state index contributed by atoms with van der Waals surface area (Å²) in [5.41, 5.74) is 4.37. The Balaban J connectivity index is 1.42. The van der Waals surface area contributed by atoms with Gasteiger partial charge in [0.25, 0.3) is 0 Å². The van der Waals surface area contributed by atoms with E-state index >= 15 is 0 Å². The monoisotopic (exact) mass is 351 g/mol. The molecule has 4 rings (SSSR count). The molecule has 1 aromatic heterocycles. The maximum Gasteiger partial charge on any atom is 0.123 e. The first-order valence-corrected chi connectivity index (χ1v) is 8.94. The smallest absolute Gasteiger partial charge is 0.123 e. The molecule has 0 aliphatic carbocycles. The molecule has 0 radical (unpaired) electrons. The zero-order chi connectivity index (χ0) is 17.8. The summed E-state index contributed by atoms with van der Waals surface area (Å²) in [5.74, 6) is -0.193. The minimum absolute atomic E-state index is 0.0811. The third-order valence-corrected chi connectivity index (χ3v) is 4.75. The summed E-state index contributed by atoms with van der Waals surface area (Å²) in [5, 5.41) is 7.36. The van der Waals surface area contributed by atoms with Crippen LogP contribution in [-0.2, 0) is 17.7 Å². The van der Waals surface area contributed by atoms with Crippen LogP contribution in [0.15, 0.2) is 60.8 Å². The molecule has 1 atom stereocenters. The summed E-state index contributed by atoms with van der Waals surface area (Å²) in [6.07, 6.45) is 2.71. The molecule has 3 aromatic rings. The van der Waals surface area contributed by atoms with Gasteiger partial charge in [-0.1, -0.05) is 42.5 Å². The number of hydrogen-bond donors (Lipinski definition) is 1. The molecule has 0 saturated carbocycles. The van der Waals surface area contributed by atoms with Gasteiger partial charge in [0, 0.05) is 25.2 Å². The molecular formula is C21H22FN3O. The first kappa shape index (κ1) is 16.9. The predicted molar refractivity (Wildman–Crippen MR) is 99.1 cm³/mol. The standard InChI is InChI=1S/C21H22FN3O/c22-19-8-4-5-16(11-19)12-20-15-25(9-10-26-20)14-18-13-23-24-21(18)17-6-2-1-3-7-17/h1-8,11,13,20H,9-10,12,14-15H2,(H,23,24)/t20-/m0/s1. The Hall–Kier alpha value is -2.50. The number of halogens is 1. The molecule has 4 nitrogen and oxygen atoms in total. The molecule has 1 aliphatic rings. The number of hydrogen-bond acceptors (Lipinski definition) is 3. The molecule has 0 bridgehead atoms. The molecule has 134 valence electrons. The van der Waals surface area contributed by atoms with Crippen LogP contribution in [0.4, 0.5) is 4.39 Å². The van der Waals surface area contributed by atoms with Crippen LogP contribution in [0.2, 0.25) is 0 Å². The fourth-order valence-electron chi connectivity index (χ4n) is 3.50. The number of rotatable bonds is 5. The largest absolute Gasteiger partial charge is 0.375 e. The average molecular weight is 351 g/mol. The van der Waals surface area contributed by atoms with Crippen molar-refractivity contribution in [2.24, 2.45) is 0 Å². The highest BCUT2D eigenvalue weighted by Crippen LogP contribution is 2.23. The van der Waals surface area contributed by atoms with Gasteiger partial charge in [-0.05, 0) is 29.7 Å². The molecule has 26 heavy (non-hydrogen) atoms. The summed E-state index contributed by atoms with van der Waals surface area (Å²) < 4.78 is 19.3. The molecular weight excluding hydrogens is 329 g/mol. The number of aromatic amines is 1. The maximum atomic E-state index is 13.4. The van der Waals surface area contributed by atoms with Crippen molar-refractivity contribution < 1.29 is 9.13 Å². The molecule has 2 heterocycles. The third kappa shape index (κ3) is 4.00. The molecule has 1 N–H and O–H groups in total. The van der Waals surface area contributed by atoms with E-state index in [1.165, 1.54) is 11.6 Å². The van der Waals surface area contributed by atoms with Gasteiger partial charge < -0.3 is 4.74 Å². The maximum absolute atomic E-state index is 13.4. The van der Waals surface area contributed by atoms with Crippen molar-refractivity contribution in [2.45, 2.75) is 19.1 Å². The first-order valence-electron chi connectivity index (χ1n) is 8.94. The van der Waals surface area contributed by atoms with E-state index < -0.39 is 0 Å². The van der Waals surface area contributed by atoms with E-state index in [0.29, 0.717) is 6.61 Å². The third-order valence-electron chi connectivity index (χ3n) is 4.75. The van der Waals surface area contributed by atoms with Gasteiger partial charge in [0.05, 0.1) is 24.6 Å². The van der Waals surface area contributed by atoms with Crippen LogP contribution in [0.5, 0.6) is 0 Å². The number of nitrogens with zero attached hydrogens (tertiary/aromatic N) is 2. The van der Waals surface area contributed by atoms with Gasteiger partial charge in [0.15, 0.2) is 0 Å². The number of benzene rings is 2. The van der Waals surface area contributed by atoms with Crippen molar-refractivity contribution in [1.82, 2.24) is 15.1 Å². The van der Waals surface area contributed by atoms with Crippen LogP contribution in [0.3, 0.4) is 0 Å². The predicted octanol–water partition coefficient (Wildman–Crippen LogP) is 3.66. The normalized spacial score (nSPS) is 18.1. The summed E-state index contributed by atoms with van der Waals surface area (Å²) >= 11 is 0. The van der Waals surface area contributed by atoms with E-state index in [-0.39, 0.29) is 11.9 Å². The molecule has 2 aromatic carbocycles. The Morgan fingerprint density at radius 3 is 2.88 bits per heavy atom. The van der Waals surface area contributed by atoms with Crippen LogP contribution >= 0.6 is 0 Å². The van der Waals surface area contributed by atoms with Gasteiger partial charge >= 0.3 is 0 Å². The average Bonchev–Trinajstić information content (AvgIpc) is 3.11. The highest BCUT2D eigenvalue weighted by atomic mass is 19.1. The SMILES string of the molecule is Fc1cccc(C[C@H]2CN(Cc3cn[nH]c3-c3ccccc3)CCO2)c1. The van der Waals surface area contributed by atoms with Crippen molar-refractivity contribution in [1.29, 1.82) is 0 Å². The van der Waals surface area contributed by atoms with Gasteiger partial charge in [-0.15, -0.1) is 0 Å². The van der Waals surface area contributed by atoms with Crippen molar-refractivity contribution in [3.05, 3.63) is 77.7 Å². The number of aromatic nitrogens is 2. The minimum Gasteiger partial charge on any atom is -0.375 e. The Labute approximate surface area is 152 Å². The quantitative estimate of drug-likeness (QED) is 0.763. The van der Waals surface area contributed by atoms with E-state index in [2.05, 4.69) is 27.2 Å². The zero-order valence-electron chi connectivity index (χ0n) is 14.6. The van der Waals surface area contributed by atoms with Crippen molar-refractivity contribution in [2.75, 3.05) is 19.7 Å². The van der Waals surface area contributed by atoms with Gasteiger partial charge in [-0.3, -0.25) is 10.00 Å². The molecule has 0 amide bonds. The van der Waals surface area contributed by atoms with Crippen LogP contribution in [0, 0.1) is 5.82 Å². The molecule has 1 saturated heterocycles. The highest BCUT2D eigenvalue weighted by Gasteiger charge is 2.22. The van der Waals surface area contributed by atoms with E-state index in [1.807, 2.05) is 30.5 Å². The molecule has 1 fully saturated rings. The van der Waals surface area contributed by atoms with E-state index in [1.54, 1.807) is 12.1 Å². The Bertz CT molecular complexity index is 849. The van der Waals surface area contributed by atoms with Crippen LogP contribution < -0.4 is 0 Å². The second-order valence-corrected chi connectivity index (χ2v) is 6.70. The lowest BCUT2D eigenvalue weighted by Crippen LogP contribution is -2.42. The molecule has 0 unspecified atom stereocenters. The number of ether oxygens (including phenoxy) is 1. The summed E-state index contributed by atoms with van der Waals surface area (Å²) in [6, 6.07) is 17.0. The number of nitrogens with one attached hydrogen (secondary N) is 1. The highest BCUT2D eigenvalue weighted by molar-refractivity contribution is 5.62. The lowest BCUT2D eigenvalue weighted by molar-refractivity contribution is -0.0304. The second kappa shape index (κ2) is 7.81. The summed E-state index contributed by atoms with van der Waals surface area (Å²) in [4.78, 5) is 2.38. The summed E-state index contributed by atoms with van der Waals surface area (Å²) in [7, 11) is 0. The molecule has 5 heteroatoms. The van der Waals surface area contributed by atoms with Crippen LogP contribution in [0.25, 0.3) is 11.3 Å². The van der Waals surface area contributed by atoms with Crippen molar-refractivity contribution >= 4 is 0 Å². The fraction of sp³-hybridized carbons (Fsp3) is 0.286. The zero-order valence-corrected chi connectivity index (χ0v) is 14.6. The molecule has 1 aliphatic heterocycles. The Morgan fingerprint density at radius 2 is 2.04 bits per heavy atom. The van der Waals surface area contributed by atoms with Gasteiger partial charge in [0.1, 0.15) is 5.82 Å². The van der Waals surface area contributed by atoms with Gasteiger partial charge in [-0.25, -0.2) is 4.39 Å². The number of H-pyrrole nitrogens is 1. The second-order valence-electron chi connectivity index (χ2n) is 6.70. The minimum atomic E-state index is -0.193. The molecule has 0 spiro atoms. The number of morpholine rings is 1. The Morgan fingerprint density at radius 1 is 1.15 bits per heavy atom. The van der Waals surface area contributed by atoms with Gasteiger partial charge in [-0.2, -0.15) is 5.10 Å². The van der Waals surface area contributed by atoms with Crippen LogP contribution in [-0.4, -0.2) is 40.9 Å². The van der Waals surface area contributed by atoms with Crippen LogP contribution in [0.1, 0.15) is 11.1 Å². The lowest BCUT2D eigenvalue weighted by Gasteiger charge is -2.33. The van der Waals surface area contributed by atoms with Crippen molar-refractivity contribution in [3.8, 4) is 11.3 Å². The van der Waals surface area contributed by atoms with Gasteiger partial charge in [0.2, 0.25) is 0 Å². The lowest BCUT2D eigenvalue weighted by atomic mass is 10.1. The fourth-order valence-corrected chi connectivity index (χ4v) is 3.50.